The Hall–Kier alpha value is -1.91. The minimum absolute atomic E-state index is 0.0301. The predicted molar refractivity (Wildman–Crippen MR) is 75.5 cm³/mol. The zero-order chi connectivity index (χ0) is 14.4. The normalized spacial score (nSPS) is 10.4. The van der Waals surface area contributed by atoms with Crippen molar-refractivity contribution in [3.63, 3.8) is 0 Å². The number of pyridine rings is 1. The minimum atomic E-state index is -0.0301. The van der Waals surface area contributed by atoms with Crippen LogP contribution in [0.5, 0.6) is 0 Å². The Morgan fingerprint density at radius 1 is 1.53 bits per heavy atom. The Kier molecular flexibility index (Phi) is 5.48. The first-order chi connectivity index (χ1) is 8.97. The molecule has 5 nitrogen and oxygen atoms in total. The van der Waals surface area contributed by atoms with Gasteiger partial charge < -0.3 is 10.2 Å². The van der Waals surface area contributed by atoms with Crippen molar-refractivity contribution in [1.29, 1.82) is 0 Å². The number of anilines is 1. The van der Waals surface area contributed by atoms with E-state index in [4.69, 9.17) is 0 Å². The molecule has 0 atom stereocenters. The molecule has 0 aliphatic carbocycles. The molecule has 1 N–H and O–H groups in total. The van der Waals surface area contributed by atoms with Crippen LogP contribution in [0, 0.1) is 6.92 Å². The number of hydrogen-bond donors (Lipinski definition) is 1. The van der Waals surface area contributed by atoms with Gasteiger partial charge in [0.25, 0.3) is 0 Å². The highest BCUT2D eigenvalue weighted by molar-refractivity contribution is 5.82. The Bertz CT molecular complexity index is 458. The third-order valence-electron chi connectivity index (χ3n) is 2.67. The van der Waals surface area contributed by atoms with Crippen LogP contribution in [0.1, 0.15) is 36.7 Å². The molecule has 0 radical (unpaired) electrons. The lowest BCUT2D eigenvalue weighted by Gasteiger charge is -2.23. The average Bonchev–Trinajstić information content (AvgIpc) is 2.35. The Balaban J connectivity index is 2.85. The quantitative estimate of drug-likeness (QED) is 0.791. The second-order valence-electron chi connectivity index (χ2n) is 4.76. The first-order valence-electron chi connectivity index (χ1n) is 6.44. The van der Waals surface area contributed by atoms with E-state index in [2.05, 4.69) is 10.3 Å². The summed E-state index contributed by atoms with van der Waals surface area (Å²) in [7, 11) is 0. The topological polar surface area (TPSA) is 62.3 Å². The smallest absolute Gasteiger partial charge is 0.239 e. The van der Waals surface area contributed by atoms with Crippen LogP contribution in [-0.4, -0.2) is 36.3 Å². The average molecular weight is 263 g/mol. The van der Waals surface area contributed by atoms with Gasteiger partial charge in [-0.15, -0.1) is 0 Å². The number of aromatic nitrogens is 1. The number of likely N-dealkylation sites (N-methyl/N-ethyl adjacent to an activating group) is 1. The van der Waals surface area contributed by atoms with Gasteiger partial charge in [0.05, 0.1) is 6.54 Å². The molecule has 0 saturated heterocycles. The molecule has 104 valence electrons. The minimum Gasteiger partial charge on any atom is -0.352 e. The summed E-state index contributed by atoms with van der Waals surface area (Å²) in [5, 5.41) is 2.85. The van der Waals surface area contributed by atoms with Crippen LogP contribution < -0.4 is 10.2 Å². The van der Waals surface area contributed by atoms with Crippen LogP contribution in [0.2, 0.25) is 0 Å². The van der Waals surface area contributed by atoms with Gasteiger partial charge in [0.2, 0.25) is 5.91 Å². The molecule has 1 aromatic rings. The zero-order valence-electron chi connectivity index (χ0n) is 11.9. The van der Waals surface area contributed by atoms with Crippen LogP contribution in [0.3, 0.4) is 0 Å². The number of carbonyl (C=O) groups is 2. The van der Waals surface area contributed by atoms with Gasteiger partial charge in [-0.2, -0.15) is 0 Å². The zero-order valence-corrected chi connectivity index (χ0v) is 11.9. The van der Waals surface area contributed by atoms with Crippen molar-refractivity contribution in [2.24, 2.45) is 0 Å². The van der Waals surface area contributed by atoms with Crippen LogP contribution >= 0.6 is 0 Å². The standard InChI is InChI=1S/C14H21N3O2/c1-5-17(8-13(19)16-10(2)3)14-11(4)6-12(9-18)7-15-14/h6-7,9-10H,5,8H2,1-4H3,(H,16,19). The maximum Gasteiger partial charge on any atom is 0.239 e. The van der Waals surface area contributed by atoms with Crippen LogP contribution in [-0.2, 0) is 4.79 Å². The van der Waals surface area contributed by atoms with Crippen LogP contribution in [0.15, 0.2) is 12.3 Å². The third kappa shape index (κ3) is 4.35. The SMILES string of the molecule is CCN(CC(=O)NC(C)C)c1ncc(C=O)cc1C. The van der Waals surface area contributed by atoms with Gasteiger partial charge >= 0.3 is 0 Å². The molecule has 1 heterocycles. The Labute approximate surface area is 114 Å². The summed E-state index contributed by atoms with van der Waals surface area (Å²) < 4.78 is 0. The van der Waals surface area contributed by atoms with Crippen molar-refractivity contribution in [1.82, 2.24) is 10.3 Å². The van der Waals surface area contributed by atoms with E-state index < -0.39 is 0 Å². The Morgan fingerprint density at radius 3 is 2.68 bits per heavy atom. The molecule has 1 rings (SSSR count). The second-order valence-corrected chi connectivity index (χ2v) is 4.76. The maximum atomic E-state index is 11.8. The van der Waals surface area contributed by atoms with Gasteiger partial charge in [0, 0.05) is 24.3 Å². The van der Waals surface area contributed by atoms with Gasteiger partial charge in [0.15, 0.2) is 6.29 Å². The number of aldehydes is 1. The summed E-state index contributed by atoms with van der Waals surface area (Å²) >= 11 is 0. The van der Waals surface area contributed by atoms with Crippen molar-refractivity contribution in [2.75, 3.05) is 18.0 Å². The predicted octanol–water partition coefficient (Wildman–Crippen LogP) is 1.55. The number of amides is 1. The van der Waals surface area contributed by atoms with E-state index >= 15 is 0 Å². The largest absolute Gasteiger partial charge is 0.352 e. The fourth-order valence-electron chi connectivity index (χ4n) is 1.86. The number of rotatable bonds is 6. The van der Waals surface area contributed by atoms with E-state index in [-0.39, 0.29) is 18.5 Å². The number of aryl methyl sites for hydroxylation is 1. The molecule has 0 spiro atoms. The highest BCUT2D eigenvalue weighted by atomic mass is 16.2. The molecule has 0 unspecified atom stereocenters. The molecule has 1 aromatic heterocycles. The highest BCUT2D eigenvalue weighted by Crippen LogP contribution is 2.16. The summed E-state index contributed by atoms with van der Waals surface area (Å²) in [6, 6.07) is 1.90. The van der Waals surface area contributed by atoms with Crippen molar-refractivity contribution >= 4 is 18.0 Å². The molecule has 19 heavy (non-hydrogen) atoms. The van der Waals surface area contributed by atoms with E-state index in [1.54, 1.807) is 6.07 Å². The summed E-state index contributed by atoms with van der Waals surface area (Å²) in [5.41, 5.74) is 1.44. The van der Waals surface area contributed by atoms with Gasteiger partial charge in [-0.1, -0.05) is 0 Å². The fraction of sp³-hybridized carbons (Fsp3) is 0.500. The molecule has 0 aromatic carbocycles. The van der Waals surface area contributed by atoms with E-state index in [0.29, 0.717) is 12.1 Å². The van der Waals surface area contributed by atoms with Gasteiger partial charge in [-0.3, -0.25) is 9.59 Å². The molecule has 0 aliphatic heterocycles. The van der Waals surface area contributed by atoms with E-state index in [0.717, 1.165) is 17.7 Å². The number of hydrogen-bond acceptors (Lipinski definition) is 4. The fourth-order valence-corrected chi connectivity index (χ4v) is 1.86. The first-order valence-corrected chi connectivity index (χ1v) is 6.44. The Morgan fingerprint density at radius 2 is 2.21 bits per heavy atom. The number of nitrogens with zero attached hydrogens (tertiary/aromatic N) is 2. The lowest BCUT2D eigenvalue weighted by Crippen LogP contribution is -2.40. The van der Waals surface area contributed by atoms with E-state index in [1.165, 1.54) is 6.20 Å². The molecule has 0 bridgehead atoms. The third-order valence-corrected chi connectivity index (χ3v) is 2.67. The van der Waals surface area contributed by atoms with Crippen molar-refractivity contribution in [2.45, 2.75) is 33.7 Å². The summed E-state index contributed by atoms with van der Waals surface area (Å²) in [5.74, 6) is 0.713. The molecule has 5 heteroatoms. The van der Waals surface area contributed by atoms with Gasteiger partial charge in [-0.05, 0) is 39.3 Å². The van der Waals surface area contributed by atoms with Crippen molar-refractivity contribution < 1.29 is 9.59 Å². The summed E-state index contributed by atoms with van der Waals surface area (Å²) in [6.45, 7) is 8.66. The lowest BCUT2D eigenvalue weighted by atomic mass is 10.2. The number of carbonyl (C=O) groups excluding carboxylic acids is 2. The molecule has 0 aliphatic rings. The van der Waals surface area contributed by atoms with Crippen LogP contribution in [0.25, 0.3) is 0 Å². The molecule has 1 amide bonds. The van der Waals surface area contributed by atoms with Crippen molar-refractivity contribution in [3.8, 4) is 0 Å². The maximum absolute atomic E-state index is 11.8. The monoisotopic (exact) mass is 263 g/mol. The van der Waals surface area contributed by atoms with Crippen LogP contribution in [0.4, 0.5) is 5.82 Å². The van der Waals surface area contributed by atoms with E-state index in [9.17, 15) is 9.59 Å². The lowest BCUT2D eigenvalue weighted by molar-refractivity contribution is -0.120. The van der Waals surface area contributed by atoms with Gasteiger partial charge in [-0.25, -0.2) is 4.98 Å². The van der Waals surface area contributed by atoms with Crippen molar-refractivity contribution in [3.05, 3.63) is 23.4 Å². The molecular weight excluding hydrogens is 242 g/mol. The highest BCUT2D eigenvalue weighted by Gasteiger charge is 2.14. The van der Waals surface area contributed by atoms with E-state index in [1.807, 2.05) is 32.6 Å². The molecule has 0 fully saturated rings. The number of nitrogens with one attached hydrogen (secondary N) is 1. The summed E-state index contributed by atoms with van der Waals surface area (Å²) in [4.78, 5) is 28.6. The second kappa shape index (κ2) is 6.87. The summed E-state index contributed by atoms with van der Waals surface area (Å²) in [6.07, 6.45) is 2.30. The molecular formula is C14H21N3O2. The molecule has 0 saturated carbocycles. The van der Waals surface area contributed by atoms with Gasteiger partial charge in [0.1, 0.15) is 5.82 Å². The first kappa shape index (κ1) is 15.1.